The quantitative estimate of drug-likeness (QED) is 0.582. The van der Waals surface area contributed by atoms with E-state index in [1.54, 1.807) is 8.99 Å². The second-order valence-corrected chi connectivity index (χ2v) is 10.2. The van der Waals surface area contributed by atoms with Crippen LogP contribution in [0.2, 0.25) is 0 Å². The zero-order valence-electron chi connectivity index (χ0n) is 18.5. The molecule has 1 aliphatic heterocycles. The number of rotatable bonds is 6. The fraction of sp³-hybridized carbons (Fsp3) is 0.417. The molecule has 0 bridgehead atoms. The summed E-state index contributed by atoms with van der Waals surface area (Å²) in [5, 5.41) is 4.21. The predicted molar refractivity (Wildman–Crippen MR) is 122 cm³/mol. The van der Waals surface area contributed by atoms with Crippen LogP contribution in [0.5, 0.6) is 0 Å². The molecule has 0 aliphatic carbocycles. The van der Waals surface area contributed by atoms with Crippen LogP contribution >= 0.6 is 0 Å². The summed E-state index contributed by atoms with van der Waals surface area (Å²) in [6.45, 7) is 7.58. The van der Waals surface area contributed by atoms with Gasteiger partial charge in [0.1, 0.15) is 4.90 Å². The molecule has 0 amide bonds. The van der Waals surface area contributed by atoms with Gasteiger partial charge in [0.25, 0.3) is 0 Å². The van der Waals surface area contributed by atoms with E-state index in [4.69, 9.17) is 4.98 Å². The Kier molecular flexibility index (Phi) is 6.25. The lowest BCUT2D eigenvalue weighted by molar-refractivity contribution is 0.316. The molecule has 0 unspecified atom stereocenters. The van der Waals surface area contributed by atoms with Crippen LogP contribution in [0.25, 0.3) is 0 Å². The van der Waals surface area contributed by atoms with Crippen LogP contribution in [0.1, 0.15) is 53.9 Å². The first-order valence-corrected chi connectivity index (χ1v) is 12.4. The average molecular weight is 439 g/mol. The van der Waals surface area contributed by atoms with Crippen molar-refractivity contribution < 1.29 is 8.42 Å². The Hall–Kier alpha value is -2.51. The van der Waals surface area contributed by atoms with E-state index in [0.717, 1.165) is 30.7 Å². The fourth-order valence-corrected chi connectivity index (χ4v) is 5.99. The Bertz CT molecular complexity index is 1160. The van der Waals surface area contributed by atoms with Crippen LogP contribution < -0.4 is 0 Å². The van der Waals surface area contributed by atoms with Crippen molar-refractivity contribution in [2.45, 2.75) is 57.4 Å². The normalized spacial score (nSPS) is 16.0. The van der Waals surface area contributed by atoms with Gasteiger partial charge >= 0.3 is 0 Å². The molecule has 1 saturated heterocycles. The Morgan fingerprint density at radius 3 is 2.45 bits per heavy atom. The maximum absolute atomic E-state index is 13.1. The third-order valence-electron chi connectivity index (χ3n) is 6.31. The zero-order valence-corrected chi connectivity index (χ0v) is 19.3. The summed E-state index contributed by atoms with van der Waals surface area (Å²) in [6, 6.07) is 14.6. The third kappa shape index (κ3) is 4.43. The molecule has 6 nitrogen and oxygen atoms in total. The molecule has 3 heterocycles. The lowest BCUT2D eigenvalue weighted by atomic mass is 9.93. The molecule has 7 heteroatoms. The van der Waals surface area contributed by atoms with E-state index in [2.05, 4.69) is 54.5 Å². The SMILES string of the molecule is CCn1ncc(S(=O)(=O)N2CCC(c3cccc(Cc4ccccc4C)n3)CC2)c1C. The molecule has 1 fully saturated rings. The van der Waals surface area contributed by atoms with Gasteiger partial charge in [-0.15, -0.1) is 0 Å². The number of hydrogen-bond acceptors (Lipinski definition) is 4. The van der Waals surface area contributed by atoms with Crippen LogP contribution in [-0.2, 0) is 23.0 Å². The van der Waals surface area contributed by atoms with Crippen molar-refractivity contribution in [2.24, 2.45) is 0 Å². The molecule has 0 radical (unpaired) electrons. The molecule has 31 heavy (non-hydrogen) atoms. The van der Waals surface area contributed by atoms with E-state index in [-0.39, 0.29) is 5.92 Å². The molecule has 0 saturated carbocycles. The molecule has 1 aliphatic rings. The second kappa shape index (κ2) is 8.93. The molecular formula is C24H30N4O2S. The Morgan fingerprint density at radius 2 is 1.77 bits per heavy atom. The van der Waals surface area contributed by atoms with Crippen molar-refractivity contribution in [3.63, 3.8) is 0 Å². The van der Waals surface area contributed by atoms with E-state index in [0.29, 0.717) is 30.2 Å². The van der Waals surface area contributed by atoms with Gasteiger partial charge in [0.15, 0.2) is 0 Å². The number of sulfonamides is 1. The summed E-state index contributed by atoms with van der Waals surface area (Å²) in [5.41, 5.74) is 5.39. The Balaban J connectivity index is 1.45. The van der Waals surface area contributed by atoms with E-state index >= 15 is 0 Å². The van der Waals surface area contributed by atoms with E-state index in [1.807, 2.05) is 13.8 Å². The summed E-state index contributed by atoms with van der Waals surface area (Å²) >= 11 is 0. The van der Waals surface area contributed by atoms with Gasteiger partial charge in [-0.2, -0.15) is 9.40 Å². The summed E-state index contributed by atoms with van der Waals surface area (Å²) in [7, 11) is -3.51. The largest absolute Gasteiger partial charge is 0.269 e. The molecule has 164 valence electrons. The molecule has 4 rings (SSSR count). The topological polar surface area (TPSA) is 68.1 Å². The molecule has 2 aromatic heterocycles. The minimum Gasteiger partial charge on any atom is -0.269 e. The van der Waals surface area contributed by atoms with Crippen LogP contribution in [0, 0.1) is 13.8 Å². The monoisotopic (exact) mass is 438 g/mol. The average Bonchev–Trinajstić information content (AvgIpc) is 3.17. The first-order valence-electron chi connectivity index (χ1n) is 10.9. The number of nitrogens with zero attached hydrogens (tertiary/aromatic N) is 4. The van der Waals surface area contributed by atoms with Gasteiger partial charge in [-0.3, -0.25) is 9.67 Å². The Morgan fingerprint density at radius 1 is 1.03 bits per heavy atom. The maximum Gasteiger partial charge on any atom is 0.246 e. The van der Waals surface area contributed by atoms with Gasteiger partial charge < -0.3 is 0 Å². The van der Waals surface area contributed by atoms with Gasteiger partial charge in [0.2, 0.25) is 10.0 Å². The molecule has 1 aromatic carbocycles. The van der Waals surface area contributed by atoms with Crippen molar-refractivity contribution in [1.29, 1.82) is 0 Å². The van der Waals surface area contributed by atoms with Crippen LogP contribution in [0.3, 0.4) is 0 Å². The summed E-state index contributed by atoms with van der Waals surface area (Å²) < 4.78 is 29.6. The number of pyridine rings is 1. The molecule has 3 aromatic rings. The van der Waals surface area contributed by atoms with Crippen molar-refractivity contribution in [2.75, 3.05) is 13.1 Å². The van der Waals surface area contributed by atoms with E-state index in [1.165, 1.54) is 17.3 Å². The standard InChI is InChI=1S/C24H30N4O2S/c1-4-28-19(3)24(17-25-28)31(29,30)27-14-12-20(13-15-27)23-11-7-10-22(26-23)16-21-9-6-5-8-18(21)2/h5-11,17,20H,4,12-16H2,1-3H3. The number of piperidine rings is 1. The first-order chi connectivity index (χ1) is 14.9. The molecule has 0 N–H and O–H groups in total. The minimum atomic E-state index is -3.51. The van der Waals surface area contributed by atoms with E-state index in [9.17, 15) is 8.42 Å². The third-order valence-corrected chi connectivity index (χ3v) is 8.31. The number of aromatic nitrogens is 3. The second-order valence-electron chi connectivity index (χ2n) is 8.25. The van der Waals surface area contributed by atoms with Crippen LogP contribution in [0.15, 0.2) is 53.6 Å². The van der Waals surface area contributed by atoms with Crippen molar-refractivity contribution in [1.82, 2.24) is 19.1 Å². The van der Waals surface area contributed by atoms with Gasteiger partial charge in [-0.25, -0.2) is 8.42 Å². The Labute approximate surface area is 185 Å². The maximum atomic E-state index is 13.1. The van der Waals surface area contributed by atoms with Crippen LogP contribution in [-0.4, -0.2) is 40.6 Å². The first kappa shape index (κ1) is 21.7. The van der Waals surface area contributed by atoms with Gasteiger partial charge in [-0.1, -0.05) is 30.3 Å². The summed E-state index contributed by atoms with van der Waals surface area (Å²) in [5.74, 6) is 0.280. The smallest absolute Gasteiger partial charge is 0.246 e. The number of aryl methyl sites for hydroxylation is 2. The van der Waals surface area contributed by atoms with Crippen molar-refractivity contribution in [3.05, 3.63) is 76.9 Å². The number of hydrogen-bond donors (Lipinski definition) is 0. The zero-order chi connectivity index (χ0) is 22.0. The highest BCUT2D eigenvalue weighted by Gasteiger charge is 2.32. The van der Waals surface area contributed by atoms with E-state index < -0.39 is 10.0 Å². The highest BCUT2D eigenvalue weighted by Crippen LogP contribution is 2.31. The number of benzene rings is 1. The molecular weight excluding hydrogens is 408 g/mol. The predicted octanol–water partition coefficient (Wildman–Crippen LogP) is 4.07. The van der Waals surface area contributed by atoms with Gasteiger partial charge in [0.05, 0.1) is 11.9 Å². The lowest BCUT2D eigenvalue weighted by Crippen LogP contribution is -2.38. The fourth-order valence-electron chi connectivity index (χ4n) is 4.36. The summed E-state index contributed by atoms with van der Waals surface area (Å²) in [4.78, 5) is 5.25. The lowest BCUT2D eigenvalue weighted by Gasteiger charge is -2.31. The highest BCUT2D eigenvalue weighted by molar-refractivity contribution is 7.89. The molecule has 0 spiro atoms. The summed E-state index contributed by atoms with van der Waals surface area (Å²) in [6.07, 6.45) is 3.85. The van der Waals surface area contributed by atoms with Gasteiger partial charge in [0, 0.05) is 43.4 Å². The van der Waals surface area contributed by atoms with Gasteiger partial charge in [-0.05, 0) is 56.9 Å². The minimum absolute atomic E-state index is 0.280. The van der Waals surface area contributed by atoms with Crippen molar-refractivity contribution in [3.8, 4) is 0 Å². The molecule has 0 atom stereocenters. The van der Waals surface area contributed by atoms with Crippen LogP contribution in [0.4, 0.5) is 0 Å². The highest BCUT2D eigenvalue weighted by atomic mass is 32.2. The van der Waals surface area contributed by atoms with Crippen molar-refractivity contribution >= 4 is 10.0 Å².